The third kappa shape index (κ3) is 4.93. The van der Waals surface area contributed by atoms with Gasteiger partial charge in [-0.3, -0.25) is 9.10 Å². The van der Waals surface area contributed by atoms with Gasteiger partial charge in [-0.25, -0.2) is 8.42 Å². The topological polar surface area (TPSA) is 75.7 Å². The fraction of sp³-hybridized carbons (Fsp3) is 0.316. The van der Waals surface area contributed by atoms with E-state index in [1.165, 1.54) is 10.4 Å². The molecule has 1 N–H and O–H groups in total. The van der Waals surface area contributed by atoms with Crippen LogP contribution < -0.4 is 14.4 Å². The van der Waals surface area contributed by atoms with E-state index >= 15 is 0 Å². The number of ether oxygens (including phenoxy) is 1. The molecular weight excluding hydrogens is 388 g/mol. The third-order valence-electron chi connectivity index (χ3n) is 4.30. The van der Waals surface area contributed by atoms with Crippen LogP contribution in [-0.2, 0) is 21.2 Å². The van der Waals surface area contributed by atoms with Crippen molar-refractivity contribution in [3.8, 4) is 5.75 Å². The van der Waals surface area contributed by atoms with Crippen molar-refractivity contribution in [3.63, 3.8) is 0 Å². The summed E-state index contributed by atoms with van der Waals surface area (Å²) in [7, 11) is -3.52. The summed E-state index contributed by atoms with van der Waals surface area (Å²) < 4.78 is 31.3. The summed E-state index contributed by atoms with van der Waals surface area (Å²) in [5, 5.41) is 3.27. The smallest absolute Gasteiger partial charge is 0.261 e. The lowest BCUT2D eigenvalue weighted by atomic mass is 10.1. The Morgan fingerprint density at radius 1 is 1.26 bits per heavy atom. The number of amides is 1. The zero-order valence-corrected chi connectivity index (χ0v) is 16.5. The molecule has 0 saturated carbocycles. The molecule has 3 rings (SSSR count). The zero-order chi connectivity index (χ0) is 19.4. The van der Waals surface area contributed by atoms with Gasteiger partial charge in [0.1, 0.15) is 5.75 Å². The Balaban J connectivity index is 1.71. The van der Waals surface area contributed by atoms with Crippen molar-refractivity contribution in [1.82, 2.24) is 5.32 Å². The molecule has 2 aromatic rings. The van der Waals surface area contributed by atoms with Crippen LogP contribution in [-0.4, -0.2) is 39.8 Å². The second-order valence-corrected chi connectivity index (χ2v) is 8.71. The minimum Gasteiger partial charge on any atom is -0.478 e. The zero-order valence-electron chi connectivity index (χ0n) is 14.9. The highest BCUT2D eigenvalue weighted by atomic mass is 35.5. The molecule has 0 fully saturated rings. The van der Waals surface area contributed by atoms with Gasteiger partial charge in [0, 0.05) is 24.5 Å². The van der Waals surface area contributed by atoms with E-state index in [2.05, 4.69) is 5.32 Å². The summed E-state index contributed by atoms with van der Waals surface area (Å²) in [4.78, 5) is 12.5. The van der Waals surface area contributed by atoms with Crippen LogP contribution in [0.3, 0.4) is 0 Å². The van der Waals surface area contributed by atoms with E-state index in [1.54, 1.807) is 12.1 Å². The Hall–Kier alpha value is -2.25. The van der Waals surface area contributed by atoms with Gasteiger partial charge in [-0.2, -0.15) is 0 Å². The van der Waals surface area contributed by atoms with Crippen LogP contribution in [0, 0.1) is 0 Å². The minimum absolute atomic E-state index is 0.142. The standard InChI is InChI=1S/C19H21ClN2O4S/c1-27(24,25)22-12-10-18(26-17-8-7-15(20)13-16(17)22)19(23)21-11-9-14-5-3-2-4-6-14/h2-8,13,18H,9-12H2,1H3,(H,21,23)/t18-/m0/s1. The molecule has 0 bridgehead atoms. The summed E-state index contributed by atoms with van der Waals surface area (Å²) in [6.07, 6.45) is 1.31. The average molecular weight is 409 g/mol. The van der Waals surface area contributed by atoms with E-state index in [9.17, 15) is 13.2 Å². The van der Waals surface area contributed by atoms with Gasteiger partial charge in [0.15, 0.2) is 6.10 Å². The first-order valence-electron chi connectivity index (χ1n) is 8.60. The van der Waals surface area contributed by atoms with Crippen LogP contribution in [0.15, 0.2) is 48.5 Å². The first kappa shape index (κ1) is 19.5. The maximum atomic E-state index is 12.5. The van der Waals surface area contributed by atoms with Gasteiger partial charge in [0.25, 0.3) is 5.91 Å². The van der Waals surface area contributed by atoms with Gasteiger partial charge in [-0.1, -0.05) is 41.9 Å². The lowest BCUT2D eigenvalue weighted by Gasteiger charge is -2.21. The average Bonchev–Trinajstić information content (AvgIpc) is 2.81. The minimum atomic E-state index is -3.52. The third-order valence-corrected chi connectivity index (χ3v) is 5.72. The highest BCUT2D eigenvalue weighted by Gasteiger charge is 2.31. The molecule has 1 aliphatic rings. The highest BCUT2D eigenvalue weighted by molar-refractivity contribution is 7.92. The normalized spacial score (nSPS) is 16.8. The molecule has 27 heavy (non-hydrogen) atoms. The summed E-state index contributed by atoms with van der Waals surface area (Å²) in [5.74, 6) is 0.0627. The lowest BCUT2D eigenvalue weighted by molar-refractivity contribution is -0.128. The number of sulfonamides is 1. The Labute approximate surface area is 164 Å². The van der Waals surface area contributed by atoms with Crippen molar-refractivity contribution in [1.29, 1.82) is 0 Å². The van der Waals surface area contributed by atoms with Gasteiger partial charge >= 0.3 is 0 Å². The van der Waals surface area contributed by atoms with Gasteiger partial charge in [0.05, 0.1) is 11.9 Å². The molecule has 0 saturated heterocycles. The van der Waals surface area contributed by atoms with Crippen LogP contribution in [0.4, 0.5) is 5.69 Å². The van der Waals surface area contributed by atoms with Gasteiger partial charge < -0.3 is 10.1 Å². The molecule has 8 heteroatoms. The number of carbonyl (C=O) groups is 1. The maximum absolute atomic E-state index is 12.5. The highest BCUT2D eigenvalue weighted by Crippen LogP contribution is 2.36. The number of benzene rings is 2. The van der Waals surface area contributed by atoms with Crippen LogP contribution in [0.25, 0.3) is 0 Å². The number of hydrogen-bond donors (Lipinski definition) is 1. The molecule has 0 unspecified atom stereocenters. The second-order valence-electron chi connectivity index (χ2n) is 6.37. The van der Waals surface area contributed by atoms with E-state index in [0.29, 0.717) is 29.4 Å². The number of nitrogens with zero attached hydrogens (tertiary/aromatic N) is 1. The number of fused-ring (bicyclic) bond motifs is 1. The van der Waals surface area contributed by atoms with Crippen molar-refractivity contribution in [2.45, 2.75) is 18.9 Å². The van der Waals surface area contributed by atoms with Crippen molar-refractivity contribution >= 4 is 33.2 Å². The quantitative estimate of drug-likeness (QED) is 0.825. The summed E-state index contributed by atoms with van der Waals surface area (Å²) in [5.41, 5.74) is 1.48. The number of anilines is 1. The molecule has 144 valence electrons. The molecule has 1 aliphatic heterocycles. The number of rotatable bonds is 5. The Morgan fingerprint density at radius 2 is 2.00 bits per heavy atom. The van der Waals surface area contributed by atoms with Gasteiger partial charge in [-0.15, -0.1) is 0 Å². The van der Waals surface area contributed by atoms with E-state index < -0.39 is 16.1 Å². The summed E-state index contributed by atoms with van der Waals surface area (Å²) in [6, 6.07) is 14.6. The van der Waals surface area contributed by atoms with Gasteiger partial charge in [-0.05, 0) is 30.2 Å². The first-order chi connectivity index (χ1) is 12.8. The van der Waals surface area contributed by atoms with E-state index in [4.69, 9.17) is 16.3 Å². The molecule has 1 heterocycles. The monoisotopic (exact) mass is 408 g/mol. The van der Waals surface area contributed by atoms with Crippen LogP contribution in [0.2, 0.25) is 5.02 Å². The van der Waals surface area contributed by atoms with Gasteiger partial charge in [0.2, 0.25) is 10.0 Å². The SMILES string of the molecule is CS(=O)(=O)N1CC[C@@H](C(=O)NCCc2ccccc2)Oc2ccc(Cl)cc21. The van der Waals surface area contributed by atoms with E-state index in [1.807, 2.05) is 30.3 Å². The Kier molecular flexibility index (Phi) is 5.92. The number of hydrogen-bond acceptors (Lipinski definition) is 4. The molecule has 0 aliphatic carbocycles. The predicted molar refractivity (Wildman–Crippen MR) is 106 cm³/mol. The van der Waals surface area contributed by atoms with Crippen LogP contribution in [0.1, 0.15) is 12.0 Å². The number of carbonyl (C=O) groups excluding carboxylic acids is 1. The first-order valence-corrected chi connectivity index (χ1v) is 10.8. The van der Waals surface area contributed by atoms with Crippen LogP contribution >= 0.6 is 11.6 Å². The molecular formula is C19H21ClN2O4S. The van der Waals surface area contributed by atoms with Crippen molar-refractivity contribution < 1.29 is 17.9 Å². The number of nitrogens with one attached hydrogen (secondary N) is 1. The second kappa shape index (κ2) is 8.19. The lowest BCUT2D eigenvalue weighted by Crippen LogP contribution is -2.40. The Bertz CT molecular complexity index is 919. The molecule has 1 amide bonds. The van der Waals surface area contributed by atoms with Crippen molar-refractivity contribution in [3.05, 3.63) is 59.1 Å². The number of halogens is 1. The molecule has 1 atom stereocenters. The fourth-order valence-corrected chi connectivity index (χ4v) is 4.07. The van der Waals surface area contributed by atoms with Crippen LogP contribution in [0.5, 0.6) is 5.75 Å². The maximum Gasteiger partial charge on any atom is 0.261 e. The molecule has 2 aromatic carbocycles. The largest absolute Gasteiger partial charge is 0.478 e. The summed E-state index contributed by atoms with van der Waals surface area (Å²) >= 11 is 6.01. The Morgan fingerprint density at radius 3 is 2.70 bits per heavy atom. The van der Waals surface area contributed by atoms with E-state index in [-0.39, 0.29) is 18.9 Å². The van der Waals surface area contributed by atoms with Crippen molar-refractivity contribution in [2.24, 2.45) is 0 Å². The molecule has 6 nitrogen and oxygen atoms in total. The molecule has 0 aromatic heterocycles. The summed E-state index contributed by atoms with van der Waals surface area (Å²) in [6.45, 7) is 0.620. The predicted octanol–water partition coefficient (Wildman–Crippen LogP) is 2.62. The molecule has 0 spiro atoms. The molecule has 0 radical (unpaired) electrons. The van der Waals surface area contributed by atoms with Crippen molar-refractivity contribution in [2.75, 3.05) is 23.7 Å². The van der Waals surface area contributed by atoms with E-state index in [0.717, 1.165) is 11.8 Å². The fourth-order valence-electron chi connectivity index (χ4n) is 2.97.